The van der Waals surface area contributed by atoms with Gasteiger partial charge in [-0.3, -0.25) is 0 Å². The molecule has 0 saturated carbocycles. The Hall–Kier alpha value is -8.73. The molecule has 3 aromatic heterocycles. The normalized spacial score (nSPS) is 11.8. The SMILES string of the molecule is Bc1c(B)c(B)c2c(c1B)c1c(B)c(-c3ccc4c(c3)c3c(-c5ccccc5)cccc3n4-c3cccc(-c4ccccc4)c3)c(B)c(B)c1n2-c1ccc2c(c1)c1ccccc1n2-c1ccccc1-c1ccccc1. The predicted octanol–water partition coefficient (Wildman–Crippen LogP) is 5.45. The molecule has 0 fully saturated rings. The molecule has 11 aromatic carbocycles. The molecule has 0 spiro atoms. The number of aromatic nitrogens is 3. The Kier molecular flexibility index (Phi) is 10.7. The van der Waals surface area contributed by atoms with Crippen molar-refractivity contribution >= 4 is 159 Å². The van der Waals surface area contributed by atoms with Crippen molar-refractivity contribution in [2.24, 2.45) is 0 Å². The van der Waals surface area contributed by atoms with Crippen LogP contribution in [0.1, 0.15) is 0 Å². The lowest BCUT2D eigenvalue weighted by molar-refractivity contribution is 1.17. The van der Waals surface area contributed by atoms with Gasteiger partial charge in [-0.15, -0.1) is 5.46 Å². The van der Waals surface area contributed by atoms with Crippen molar-refractivity contribution in [3.05, 3.63) is 218 Å². The Labute approximate surface area is 449 Å². The van der Waals surface area contributed by atoms with E-state index in [1.807, 2.05) is 0 Å². The molecule has 350 valence electrons. The molecule has 0 atom stereocenters. The molecular formula is C66H50B7N3. The van der Waals surface area contributed by atoms with Crippen LogP contribution in [-0.4, -0.2) is 68.6 Å². The van der Waals surface area contributed by atoms with E-state index in [9.17, 15) is 0 Å². The third-order valence-electron chi connectivity index (χ3n) is 17.2. The second-order valence-electron chi connectivity index (χ2n) is 21.0. The number of benzene rings is 11. The first-order chi connectivity index (χ1) is 37.2. The lowest BCUT2D eigenvalue weighted by atomic mass is 9.64. The quantitative estimate of drug-likeness (QED) is 0.189. The van der Waals surface area contributed by atoms with Crippen LogP contribution >= 0.6 is 0 Å². The van der Waals surface area contributed by atoms with E-state index < -0.39 is 0 Å². The summed E-state index contributed by atoms with van der Waals surface area (Å²) in [6.45, 7) is 0. The van der Waals surface area contributed by atoms with Crippen LogP contribution in [0.2, 0.25) is 0 Å². The molecule has 0 aliphatic carbocycles. The highest BCUT2D eigenvalue weighted by molar-refractivity contribution is 6.69. The maximum absolute atomic E-state index is 2.62. The zero-order valence-electron chi connectivity index (χ0n) is 44.1. The Morgan fingerprint density at radius 3 is 1.53 bits per heavy atom. The lowest BCUT2D eigenvalue weighted by Crippen LogP contribution is -2.48. The van der Waals surface area contributed by atoms with Crippen molar-refractivity contribution in [2.75, 3.05) is 0 Å². The van der Waals surface area contributed by atoms with Crippen LogP contribution in [-0.2, 0) is 0 Å². The minimum absolute atomic E-state index is 1.15. The smallest absolute Gasteiger partial charge is 0.141 e. The van der Waals surface area contributed by atoms with Gasteiger partial charge in [0.05, 0.1) is 27.8 Å². The monoisotopic (exact) mass is 961 g/mol. The average molecular weight is 961 g/mol. The van der Waals surface area contributed by atoms with Gasteiger partial charge in [0.2, 0.25) is 0 Å². The Bertz CT molecular complexity index is 4710. The fourth-order valence-corrected chi connectivity index (χ4v) is 13.1. The summed E-state index contributed by atoms with van der Waals surface area (Å²) in [7, 11) is 16.4. The third-order valence-corrected chi connectivity index (χ3v) is 17.2. The Morgan fingerprint density at radius 2 is 0.776 bits per heavy atom. The molecule has 3 nitrogen and oxygen atoms in total. The summed E-state index contributed by atoms with van der Waals surface area (Å²) >= 11 is 0. The molecule has 0 aliphatic rings. The van der Waals surface area contributed by atoms with Gasteiger partial charge in [0, 0.05) is 54.9 Å². The van der Waals surface area contributed by atoms with Gasteiger partial charge < -0.3 is 13.7 Å². The van der Waals surface area contributed by atoms with Crippen LogP contribution in [0.3, 0.4) is 0 Å². The molecule has 0 amide bonds. The summed E-state index contributed by atoms with van der Waals surface area (Å²) in [6.07, 6.45) is 0. The van der Waals surface area contributed by atoms with Gasteiger partial charge in [-0.25, -0.2) is 0 Å². The molecule has 3 heterocycles. The van der Waals surface area contributed by atoms with Gasteiger partial charge in [-0.05, 0) is 105 Å². The minimum Gasteiger partial charge on any atom is -0.310 e. The Morgan fingerprint density at radius 1 is 0.250 bits per heavy atom. The molecule has 0 radical (unpaired) electrons. The number of hydrogen-bond donors (Lipinski definition) is 0. The van der Waals surface area contributed by atoms with E-state index in [4.69, 9.17) is 0 Å². The van der Waals surface area contributed by atoms with Crippen molar-refractivity contribution in [1.29, 1.82) is 0 Å². The van der Waals surface area contributed by atoms with Crippen molar-refractivity contribution in [1.82, 2.24) is 13.7 Å². The number of fused-ring (bicyclic) bond motifs is 9. The van der Waals surface area contributed by atoms with E-state index in [-0.39, 0.29) is 0 Å². The molecule has 0 N–H and O–H groups in total. The molecule has 0 bridgehead atoms. The zero-order chi connectivity index (χ0) is 51.5. The van der Waals surface area contributed by atoms with E-state index in [1.165, 1.54) is 160 Å². The fraction of sp³-hybridized carbons (Fsp3) is 0. The standard InChI is InChI=1S/C66H50B7N3/c67-58-54(41-30-32-52-48(35-41)55-45(39-20-8-3-9-21-39)26-15-29-53(55)74(52)42-23-14-22-40(34-42)37-16-4-1-5-17-37)59(68)63(72)65-56(58)57-60(69)61(70)62(71)64(73)66(57)75(65)43-31-33-51-47(36-43)46-25-11-13-28-50(46)76(51)49-27-12-10-24-44(49)38-18-6-2-7-19-38/h1-36H,67-73H2. The first kappa shape index (κ1) is 45.9. The van der Waals surface area contributed by atoms with Crippen LogP contribution in [0.4, 0.5) is 0 Å². The van der Waals surface area contributed by atoms with E-state index in [0.29, 0.717) is 0 Å². The van der Waals surface area contributed by atoms with Gasteiger partial charge in [0.25, 0.3) is 0 Å². The van der Waals surface area contributed by atoms with Crippen molar-refractivity contribution in [2.45, 2.75) is 0 Å². The number of rotatable bonds is 7. The molecule has 0 saturated heterocycles. The lowest BCUT2D eigenvalue weighted by Gasteiger charge is -2.19. The first-order valence-electron chi connectivity index (χ1n) is 26.7. The van der Waals surface area contributed by atoms with Crippen LogP contribution in [0.15, 0.2) is 218 Å². The second kappa shape index (κ2) is 17.7. The molecule has 14 rings (SSSR count). The fourth-order valence-electron chi connectivity index (χ4n) is 13.1. The average Bonchev–Trinajstić information content (AvgIpc) is 4.15. The summed E-state index contributed by atoms with van der Waals surface area (Å²) < 4.78 is 7.56. The van der Waals surface area contributed by atoms with Gasteiger partial charge in [-0.1, -0.05) is 191 Å². The maximum atomic E-state index is 2.62. The van der Waals surface area contributed by atoms with Gasteiger partial charge in [0.15, 0.2) is 0 Å². The second-order valence-corrected chi connectivity index (χ2v) is 21.0. The molecule has 76 heavy (non-hydrogen) atoms. The van der Waals surface area contributed by atoms with E-state index in [0.717, 1.165) is 5.69 Å². The van der Waals surface area contributed by atoms with Crippen molar-refractivity contribution < 1.29 is 0 Å². The van der Waals surface area contributed by atoms with E-state index in [1.54, 1.807) is 0 Å². The minimum atomic E-state index is 1.15. The summed E-state index contributed by atoms with van der Waals surface area (Å²) in [5, 5.41) is 7.67. The summed E-state index contributed by atoms with van der Waals surface area (Å²) in [4.78, 5) is 0. The highest BCUT2D eigenvalue weighted by Crippen LogP contribution is 2.42. The van der Waals surface area contributed by atoms with Crippen molar-refractivity contribution in [3.63, 3.8) is 0 Å². The molecule has 0 unspecified atom stereocenters. The molecule has 14 aromatic rings. The number of nitrogens with zero attached hydrogens (tertiary/aromatic N) is 3. The van der Waals surface area contributed by atoms with Crippen molar-refractivity contribution in [3.8, 4) is 61.6 Å². The predicted molar refractivity (Wildman–Crippen MR) is 348 cm³/mol. The van der Waals surface area contributed by atoms with Gasteiger partial charge in [0.1, 0.15) is 54.9 Å². The third kappa shape index (κ3) is 6.79. The topological polar surface area (TPSA) is 14.8 Å². The maximum Gasteiger partial charge on any atom is 0.141 e. The zero-order valence-corrected chi connectivity index (χ0v) is 44.1. The van der Waals surface area contributed by atoms with Crippen LogP contribution in [0.25, 0.3) is 127 Å². The molecular weight excluding hydrogens is 910 g/mol. The number of para-hydroxylation sites is 2. The first-order valence-corrected chi connectivity index (χ1v) is 26.7. The highest BCUT2D eigenvalue weighted by atomic mass is 15.0. The van der Waals surface area contributed by atoms with Gasteiger partial charge >= 0.3 is 0 Å². The van der Waals surface area contributed by atoms with Gasteiger partial charge in [-0.2, -0.15) is 0 Å². The van der Waals surface area contributed by atoms with Crippen LogP contribution in [0.5, 0.6) is 0 Å². The summed E-state index contributed by atoms with van der Waals surface area (Å²) in [6, 6.07) is 80.4. The summed E-state index contributed by atoms with van der Waals surface area (Å²) in [5.74, 6) is 0. The largest absolute Gasteiger partial charge is 0.310 e. The molecule has 10 heteroatoms. The number of hydrogen-bond acceptors (Lipinski definition) is 0. The Balaban J connectivity index is 1.02. The highest BCUT2D eigenvalue weighted by Gasteiger charge is 2.27. The van der Waals surface area contributed by atoms with E-state index in [2.05, 4.69) is 287 Å². The summed E-state index contributed by atoms with van der Waals surface area (Å²) in [5.41, 5.74) is 29.9. The van der Waals surface area contributed by atoms with Crippen LogP contribution < -0.4 is 38.2 Å². The van der Waals surface area contributed by atoms with E-state index >= 15 is 0 Å². The van der Waals surface area contributed by atoms with Crippen LogP contribution in [0, 0.1) is 0 Å². The molecule has 0 aliphatic heterocycles.